The van der Waals surface area contributed by atoms with Gasteiger partial charge in [-0.3, -0.25) is 0 Å². The summed E-state index contributed by atoms with van der Waals surface area (Å²) in [5, 5.41) is 0. The van der Waals surface area contributed by atoms with Crippen LogP contribution in [-0.4, -0.2) is 37.2 Å². The highest BCUT2D eigenvalue weighted by atomic mass is 79.9. The molecule has 0 amide bonds. The molecular weight excluding hydrogens is 316 g/mol. The van der Waals surface area contributed by atoms with Crippen molar-refractivity contribution in [1.82, 2.24) is 9.03 Å². The summed E-state index contributed by atoms with van der Waals surface area (Å²) in [7, 11) is -3.26. The van der Waals surface area contributed by atoms with Crippen LogP contribution in [0.1, 0.15) is 44.9 Å². The smallest absolute Gasteiger partial charge is 0.202 e. The van der Waals surface area contributed by atoms with Crippen LogP contribution >= 0.6 is 15.9 Å². The number of hydrogen-bond acceptors (Lipinski definition) is 2. The van der Waals surface area contributed by atoms with Crippen LogP contribution in [0.5, 0.6) is 0 Å². The summed E-state index contributed by atoms with van der Waals surface area (Å²) < 4.78 is 28.8. The maximum atomic E-state index is 12.2. The molecule has 0 spiro atoms. The van der Waals surface area contributed by atoms with Gasteiger partial charge in [0.25, 0.3) is 10.2 Å². The molecule has 1 heterocycles. The predicted molar refractivity (Wildman–Crippen MR) is 77.0 cm³/mol. The Morgan fingerprint density at radius 1 is 1.06 bits per heavy atom. The summed E-state index contributed by atoms with van der Waals surface area (Å²) in [5.74, 6) is 0.451. The molecule has 1 saturated heterocycles. The largest absolute Gasteiger partial charge is 0.279 e. The molecule has 1 saturated carbocycles. The highest BCUT2D eigenvalue weighted by molar-refractivity contribution is 9.09. The van der Waals surface area contributed by atoms with Crippen molar-refractivity contribution in [1.29, 1.82) is 0 Å². The fourth-order valence-electron chi connectivity index (χ4n) is 2.81. The third-order valence-corrected chi connectivity index (χ3v) is 6.78. The van der Waals surface area contributed by atoms with Gasteiger partial charge in [0.15, 0.2) is 0 Å². The predicted octanol–water partition coefficient (Wildman–Crippen LogP) is 2.26. The first kappa shape index (κ1) is 14.8. The Balaban J connectivity index is 1.86. The van der Waals surface area contributed by atoms with Gasteiger partial charge in [-0.15, -0.1) is 0 Å². The normalized spacial score (nSPS) is 31.4. The molecule has 18 heavy (non-hydrogen) atoms. The third-order valence-electron chi connectivity index (χ3n) is 4.00. The zero-order chi connectivity index (χ0) is 13.0. The number of nitrogens with zero attached hydrogens (tertiary/aromatic N) is 1. The monoisotopic (exact) mass is 338 g/mol. The molecule has 1 N–H and O–H groups in total. The van der Waals surface area contributed by atoms with E-state index in [2.05, 4.69) is 20.7 Å². The second-order valence-corrected chi connectivity index (χ2v) is 8.31. The molecule has 1 aliphatic heterocycles. The molecule has 0 aromatic heterocycles. The molecule has 2 fully saturated rings. The molecule has 2 atom stereocenters. The maximum absolute atomic E-state index is 12.2. The highest BCUT2D eigenvalue weighted by Gasteiger charge is 2.28. The van der Waals surface area contributed by atoms with E-state index in [0.29, 0.717) is 30.4 Å². The van der Waals surface area contributed by atoms with Crippen molar-refractivity contribution in [3.8, 4) is 0 Å². The zero-order valence-corrected chi connectivity index (χ0v) is 13.2. The van der Waals surface area contributed by atoms with E-state index >= 15 is 0 Å². The van der Waals surface area contributed by atoms with Crippen LogP contribution < -0.4 is 4.72 Å². The van der Waals surface area contributed by atoms with E-state index in [4.69, 9.17) is 0 Å². The van der Waals surface area contributed by atoms with Crippen molar-refractivity contribution in [3.63, 3.8) is 0 Å². The Morgan fingerprint density at radius 2 is 1.72 bits per heavy atom. The maximum Gasteiger partial charge on any atom is 0.279 e. The van der Waals surface area contributed by atoms with E-state index in [1.54, 1.807) is 4.31 Å². The van der Waals surface area contributed by atoms with Crippen molar-refractivity contribution in [3.05, 3.63) is 0 Å². The average Bonchev–Trinajstić information content (AvgIpc) is 2.59. The van der Waals surface area contributed by atoms with Gasteiger partial charge in [-0.2, -0.15) is 12.7 Å². The quantitative estimate of drug-likeness (QED) is 0.799. The molecule has 0 aromatic rings. The lowest BCUT2D eigenvalue weighted by Crippen LogP contribution is -2.43. The van der Waals surface area contributed by atoms with Crippen LogP contribution in [0.25, 0.3) is 0 Å². The second kappa shape index (κ2) is 6.68. The van der Waals surface area contributed by atoms with Gasteiger partial charge >= 0.3 is 0 Å². The van der Waals surface area contributed by atoms with Crippen LogP contribution in [-0.2, 0) is 10.2 Å². The summed E-state index contributed by atoms with van der Waals surface area (Å²) >= 11 is 3.63. The molecule has 1 aliphatic carbocycles. The van der Waals surface area contributed by atoms with E-state index in [0.717, 1.165) is 38.5 Å². The van der Waals surface area contributed by atoms with Crippen molar-refractivity contribution in [2.75, 3.05) is 19.6 Å². The number of alkyl halides is 1. The molecule has 2 aliphatic rings. The van der Waals surface area contributed by atoms with Crippen LogP contribution in [0.3, 0.4) is 0 Å². The lowest BCUT2D eigenvalue weighted by molar-refractivity contribution is 0.409. The highest BCUT2D eigenvalue weighted by Crippen LogP contribution is 2.31. The van der Waals surface area contributed by atoms with E-state index in [9.17, 15) is 8.42 Å². The SMILES string of the molecule is O=S(=O)(NCC1CCCC1Br)N1CCCCCC1. The summed E-state index contributed by atoms with van der Waals surface area (Å²) in [4.78, 5) is 0.476. The van der Waals surface area contributed by atoms with Gasteiger partial charge in [-0.1, -0.05) is 35.2 Å². The van der Waals surface area contributed by atoms with Gasteiger partial charge in [0, 0.05) is 24.5 Å². The van der Waals surface area contributed by atoms with Gasteiger partial charge in [-0.05, 0) is 31.6 Å². The van der Waals surface area contributed by atoms with Crippen molar-refractivity contribution in [2.24, 2.45) is 5.92 Å². The van der Waals surface area contributed by atoms with Gasteiger partial charge in [0.2, 0.25) is 0 Å². The molecule has 106 valence electrons. The van der Waals surface area contributed by atoms with Crippen molar-refractivity contribution < 1.29 is 8.42 Å². The first-order valence-electron chi connectivity index (χ1n) is 6.98. The van der Waals surface area contributed by atoms with Crippen LogP contribution in [0, 0.1) is 5.92 Å². The third kappa shape index (κ3) is 3.92. The second-order valence-electron chi connectivity index (χ2n) is 5.37. The average molecular weight is 339 g/mol. The fourth-order valence-corrected chi connectivity index (χ4v) is 4.93. The number of hydrogen-bond donors (Lipinski definition) is 1. The molecule has 0 radical (unpaired) electrons. The molecule has 0 bridgehead atoms. The van der Waals surface area contributed by atoms with Crippen LogP contribution in [0.15, 0.2) is 0 Å². The van der Waals surface area contributed by atoms with E-state index < -0.39 is 10.2 Å². The first-order chi connectivity index (χ1) is 8.59. The van der Waals surface area contributed by atoms with Crippen molar-refractivity contribution in [2.45, 2.75) is 49.8 Å². The van der Waals surface area contributed by atoms with E-state index in [-0.39, 0.29) is 0 Å². The van der Waals surface area contributed by atoms with Gasteiger partial charge in [0.05, 0.1) is 0 Å². The van der Waals surface area contributed by atoms with Crippen LogP contribution in [0.4, 0.5) is 0 Å². The summed E-state index contributed by atoms with van der Waals surface area (Å²) in [6.45, 7) is 1.93. The molecule has 2 unspecified atom stereocenters. The van der Waals surface area contributed by atoms with E-state index in [1.807, 2.05) is 0 Å². The summed E-state index contributed by atoms with van der Waals surface area (Å²) in [6, 6.07) is 0. The standard InChI is InChI=1S/C12H23BrN2O2S/c13-12-7-5-6-11(12)10-14-18(16,17)15-8-3-1-2-4-9-15/h11-12,14H,1-10H2. The molecule has 0 aromatic carbocycles. The lowest BCUT2D eigenvalue weighted by atomic mass is 10.1. The minimum atomic E-state index is -3.26. The Kier molecular flexibility index (Phi) is 5.47. The van der Waals surface area contributed by atoms with Gasteiger partial charge < -0.3 is 0 Å². The Morgan fingerprint density at radius 3 is 2.28 bits per heavy atom. The van der Waals surface area contributed by atoms with E-state index in [1.165, 1.54) is 6.42 Å². The number of rotatable bonds is 4. The topological polar surface area (TPSA) is 49.4 Å². The first-order valence-corrected chi connectivity index (χ1v) is 9.34. The molecule has 4 nitrogen and oxygen atoms in total. The summed E-state index contributed by atoms with van der Waals surface area (Å²) in [5.41, 5.74) is 0. The summed E-state index contributed by atoms with van der Waals surface area (Å²) in [6.07, 6.45) is 7.77. The lowest BCUT2D eigenvalue weighted by Gasteiger charge is -2.22. The Hall–Kier alpha value is 0.350. The van der Waals surface area contributed by atoms with Crippen LogP contribution in [0.2, 0.25) is 0 Å². The fraction of sp³-hybridized carbons (Fsp3) is 1.00. The minimum absolute atomic E-state index is 0.451. The molecule has 2 rings (SSSR count). The zero-order valence-electron chi connectivity index (χ0n) is 10.8. The Bertz CT molecular complexity index is 353. The minimum Gasteiger partial charge on any atom is -0.202 e. The number of nitrogens with one attached hydrogen (secondary N) is 1. The molecular formula is C12H23BrN2O2S. The number of halogens is 1. The molecule has 6 heteroatoms. The van der Waals surface area contributed by atoms with Crippen molar-refractivity contribution >= 4 is 26.1 Å². The van der Waals surface area contributed by atoms with Gasteiger partial charge in [0.1, 0.15) is 0 Å². The van der Waals surface area contributed by atoms with Gasteiger partial charge in [-0.25, -0.2) is 4.72 Å². The Labute approximate surface area is 119 Å².